The fourth-order valence-electron chi connectivity index (χ4n) is 4.46. The first-order valence-corrected chi connectivity index (χ1v) is 9.31. The molecule has 0 spiro atoms. The molecule has 4 atom stereocenters. The quantitative estimate of drug-likeness (QED) is 0.921. The van der Waals surface area contributed by atoms with Crippen molar-refractivity contribution >= 4 is 5.91 Å². The Morgan fingerprint density at radius 2 is 1.96 bits per heavy atom. The van der Waals surface area contributed by atoms with Crippen molar-refractivity contribution in [1.82, 2.24) is 10.2 Å². The highest BCUT2D eigenvalue weighted by Crippen LogP contribution is 2.41. The van der Waals surface area contributed by atoms with Gasteiger partial charge in [0, 0.05) is 18.1 Å². The molecule has 4 heteroatoms. The molecule has 4 nitrogen and oxygen atoms in total. The Balaban J connectivity index is 1.59. The van der Waals surface area contributed by atoms with Crippen LogP contribution in [0.25, 0.3) is 11.1 Å². The van der Waals surface area contributed by atoms with Crippen molar-refractivity contribution in [2.24, 2.45) is 5.92 Å². The van der Waals surface area contributed by atoms with Crippen LogP contribution in [0.4, 0.5) is 0 Å². The molecule has 1 N–H and O–H groups in total. The molecule has 1 aliphatic carbocycles. The van der Waals surface area contributed by atoms with Crippen LogP contribution >= 0.6 is 0 Å². The minimum Gasteiger partial charge on any atom is -0.376 e. The Bertz CT molecular complexity index is 817. The largest absolute Gasteiger partial charge is 0.376 e. The minimum absolute atomic E-state index is 0.00399. The van der Waals surface area contributed by atoms with Gasteiger partial charge in [-0.25, -0.2) is 0 Å². The number of likely N-dealkylation sites (N-methyl/N-ethyl adjacent to an activating group) is 1. The Kier molecular flexibility index (Phi) is 4.55. The maximum absolute atomic E-state index is 13.1. The summed E-state index contributed by atoms with van der Waals surface area (Å²) in [6, 6.07) is 16.5. The van der Waals surface area contributed by atoms with Crippen molar-refractivity contribution in [3.63, 3.8) is 0 Å². The van der Waals surface area contributed by atoms with E-state index < -0.39 is 0 Å². The zero-order valence-corrected chi connectivity index (χ0v) is 15.6. The molecule has 2 aliphatic rings. The third-order valence-corrected chi connectivity index (χ3v) is 5.74. The van der Waals surface area contributed by atoms with E-state index in [4.69, 9.17) is 4.74 Å². The summed E-state index contributed by atoms with van der Waals surface area (Å²) >= 11 is 0. The van der Waals surface area contributed by atoms with Crippen LogP contribution in [-0.2, 0) is 4.74 Å². The molecule has 2 fully saturated rings. The Morgan fingerprint density at radius 1 is 1.15 bits per heavy atom. The topological polar surface area (TPSA) is 41.6 Å². The van der Waals surface area contributed by atoms with E-state index in [9.17, 15) is 4.79 Å². The Morgan fingerprint density at radius 3 is 2.73 bits per heavy atom. The van der Waals surface area contributed by atoms with Crippen LogP contribution in [0.1, 0.15) is 22.3 Å². The number of fused-ring (bicyclic) bond motifs is 1. The lowest BCUT2D eigenvalue weighted by Gasteiger charge is -2.50. The van der Waals surface area contributed by atoms with E-state index in [1.165, 1.54) is 5.56 Å². The molecule has 0 aromatic heterocycles. The summed E-state index contributed by atoms with van der Waals surface area (Å²) in [7, 11) is 4.12. The van der Waals surface area contributed by atoms with Crippen molar-refractivity contribution in [1.29, 1.82) is 0 Å². The highest BCUT2D eigenvalue weighted by atomic mass is 16.5. The van der Waals surface area contributed by atoms with Gasteiger partial charge in [0.25, 0.3) is 5.91 Å². The normalized spacial score (nSPS) is 27.1. The van der Waals surface area contributed by atoms with E-state index in [-0.39, 0.29) is 24.1 Å². The van der Waals surface area contributed by atoms with Gasteiger partial charge in [-0.05, 0) is 44.6 Å². The SMILES string of the molecule is Cc1cccc(-c2ccccc2C(=O)N[C@H]2[C@H]3CCO[C@H]3[C@@H]2N(C)C)c1. The molecule has 1 heterocycles. The van der Waals surface area contributed by atoms with Crippen LogP contribution < -0.4 is 5.32 Å². The summed E-state index contributed by atoms with van der Waals surface area (Å²) in [6.07, 6.45) is 1.28. The van der Waals surface area contributed by atoms with Crippen LogP contribution in [0, 0.1) is 12.8 Å². The molecule has 26 heavy (non-hydrogen) atoms. The first kappa shape index (κ1) is 17.3. The van der Waals surface area contributed by atoms with Gasteiger partial charge in [0.05, 0.1) is 18.2 Å². The van der Waals surface area contributed by atoms with Crippen LogP contribution in [-0.4, -0.2) is 49.7 Å². The van der Waals surface area contributed by atoms with E-state index >= 15 is 0 Å². The standard InChI is InChI=1S/C22H26N2O2/c1-14-7-6-8-15(13-14)16-9-4-5-10-17(16)22(25)23-19-18-11-12-26-21(18)20(19)24(2)3/h4-10,13,18-21H,11-12H2,1-3H3,(H,23,25)/t18-,19+,20-,21-/m1/s1. The second kappa shape index (κ2) is 6.86. The summed E-state index contributed by atoms with van der Waals surface area (Å²) < 4.78 is 5.86. The maximum Gasteiger partial charge on any atom is 0.252 e. The van der Waals surface area contributed by atoms with Gasteiger partial charge in [0.15, 0.2) is 0 Å². The minimum atomic E-state index is 0.00399. The van der Waals surface area contributed by atoms with Crippen molar-refractivity contribution < 1.29 is 9.53 Å². The van der Waals surface area contributed by atoms with Crippen LogP contribution in [0.2, 0.25) is 0 Å². The second-order valence-corrected chi connectivity index (χ2v) is 7.66. The number of nitrogens with zero attached hydrogens (tertiary/aromatic N) is 1. The summed E-state index contributed by atoms with van der Waals surface area (Å²) in [5.41, 5.74) is 3.98. The average molecular weight is 350 g/mol. The Hall–Kier alpha value is -2.17. The maximum atomic E-state index is 13.1. The molecule has 1 aliphatic heterocycles. The van der Waals surface area contributed by atoms with Crippen molar-refractivity contribution in [3.8, 4) is 11.1 Å². The molecule has 136 valence electrons. The number of amides is 1. The van der Waals surface area contributed by atoms with Gasteiger partial charge >= 0.3 is 0 Å². The second-order valence-electron chi connectivity index (χ2n) is 7.66. The number of aryl methyl sites for hydroxylation is 1. The molecule has 2 aromatic rings. The summed E-state index contributed by atoms with van der Waals surface area (Å²) in [4.78, 5) is 15.3. The van der Waals surface area contributed by atoms with E-state index in [2.05, 4.69) is 49.4 Å². The van der Waals surface area contributed by atoms with Gasteiger partial charge in [-0.1, -0.05) is 48.0 Å². The number of ether oxygens (including phenoxy) is 1. The van der Waals surface area contributed by atoms with E-state index in [1.54, 1.807) is 0 Å². The van der Waals surface area contributed by atoms with Gasteiger partial charge in [-0.3, -0.25) is 4.79 Å². The van der Waals surface area contributed by atoms with E-state index in [0.717, 1.165) is 29.7 Å². The molecule has 0 bridgehead atoms. The van der Waals surface area contributed by atoms with Gasteiger partial charge in [0.2, 0.25) is 0 Å². The zero-order chi connectivity index (χ0) is 18.3. The average Bonchev–Trinajstić information content (AvgIpc) is 3.02. The lowest BCUT2D eigenvalue weighted by Crippen LogP contribution is -2.69. The van der Waals surface area contributed by atoms with Crippen molar-refractivity contribution in [2.45, 2.75) is 31.5 Å². The van der Waals surface area contributed by atoms with Crippen molar-refractivity contribution in [2.75, 3.05) is 20.7 Å². The number of nitrogens with one attached hydrogen (secondary N) is 1. The molecule has 1 amide bonds. The number of benzene rings is 2. The van der Waals surface area contributed by atoms with Gasteiger partial charge in [-0.2, -0.15) is 0 Å². The third-order valence-electron chi connectivity index (χ3n) is 5.74. The fourth-order valence-corrected chi connectivity index (χ4v) is 4.46. The Labute approximate surface area is 155 Å². The van der Waals surface area contributed by atoms with Crippen molar-refractivity contribution in [3.05, 3.63) is 59.7 Å². The highest BCUT2D eigenvalue weighted by molar-refractivity contribution is 6.01. The summed E-state index contributed by atoms with van der Waals surface area (Å²) in [5.74, 6) is 0.432. The number of carbonyl (C=O) groups is 1. The number of hydrogen-bond acceptors (Lipinski definition) is 3. The van der Waals surface area contributed by atoms with Gasteiger partial charge in [-0.15, -0.1) is 0 Å². The molecular weight excluding hydrogens is 324 g/mol. The molecule has 0 radical (unpaired) electrons. The van der Waals surface area contributed by atoms with E-state index in [0.29, 0.717) is 5.92 Å². The van der Waals surface area contributed by atoms with Gasteiger partial charge < -0.3 is 15.0 Å². The molecule has 0 unspecified atom stereocenters. The first-order valence-electron chi connectivity index (χ1n) is 9.31. The predicted molar refractivity (Wildman–Crippen MR) is 103 cm³/mol. The lowest BCUT2D eigenvalue weighted by molar-refractivity contribution is -0.0664. The van der Waals surface area contributed by atoms with Crippen LogP contribution in [0.5, 0.6) is 0 Å². The number of hydrogen-bond donors (Lipinski definition) is 1. The third kappa shape index (κ3) is 2.93. The van der Waals surface area contributed by atoms with Crippen LogP contribution in [0.3, 0.4) is 0 Å². The molecule has 1 saturated carbocycles. The molecule has 1 saturated heterocycles. The number of rotatable bonds is 4. The monoisotopic (exact) mass is 350 g/mol. The molecule has 4 rings (SSSR count). The molecule has 2 aromatic carbocycles. The first-order chi connectivity index (χ1) is 12.6. The van der Waals surface area contributed by atoms with Gasteiger partial charge in [0.1, 0.15) is 0 Å². The summed E-state index contributed by atoms with van der Waals surface area (Å²) in [6.45, 7) is 2.87. The highest BCUT2D eigenvalue weighted by Gasteiger charge is 2.55. The smallest absolute Gasteiger partial charge is 0.252 e. The number of carbonyl (C=O) groups excluding carboxylic acids is 1. The predicted octanol–water partition coefficient (Wildman–Crippen LogP) is 3.11. The van der Waals surface area contributed by atoms with E-state index in [1.807, 2.05) is 30.3 Å². The lowest BCUT2D eigenvalue weighted by atomic mass is 9.71. The zero-order valence-electron chi connectivity index (χ0n) is 15.6. The van der Waals surface area contributed by atoms with Crippen LogP contribution in [0.15, 0.2) is 48.5 Å². The fraction of sp³-hybridized carbons (Fsp3) is 0.409. The summed E-state index contributed by atoms with van der Waals surface area (Å²) in [5, 5.41) is 3.30. The molecular formula is C22H26N2O2.